The molecule has 5 heteroatoms. The molecule has 1 aromatic carbocycles. The topological polar surface area (TPSA) is 54.9 Å². The van der Waals surface area contributed by atoms with Crippen molar-refractivity contribution < 1.29 is 9.47 Å². The van der Waals surface area contributed by atoms with Crippen LogP contribution in [-0.2, 0) is 11.2 Å². The molecule has 0 aliphatic rings. The normalized spacial score (nSPS) is 11.6. The maximum Gasteiger partial charge on any atom is 0.191 e. The van der Waals surface area contributed by atoms with Gasteiger partial charge >= 0.3 is 0 Å². The van der Waals surface area contributed by atoms with Gasteiger partial charge in [-0.25, -0.2) is 0 Å². The SMILES string of the molecule is CN=C(NCCOC)NCCc1ccc(OC(C)C)cc1. The molecular formula is C16H27N3O2. The van der Waals surface area contributed by atoms with Gasteiger partial charge in [0.25, 0.3) is 0 Å². The standard InChI is InChI=1S/C16H27N3O2/c1-13(2)21-15-7-5-14(6-8-15)9-10-18-16(17-3)19-11-12-20-4/h5-8,13H,9-12H2,1-4H3,(H2,17,18,19). The molecule has 0 aliphatic heterocycles. The first-order valence-electron chi connectivity index (χ1n) is 7.34. The summed E-state index contributed by atoms with van der Waals surface area (Å²) in [5.41, 5.74) is 1.27. The molecule has 5 nitrogen and oxygen atoms in total. The van der Waals surface area contributed by atoms with Crippen molar-refractivity contribution in [3.05, 3.63) is 29.8 Å². The molecule has 0 radical (unpaired) electrons. The molecular weight excluding hydrogens is 266 g/mol. The van der Waals surface area contributed by atoms with Crippen molar-refractivity contribution in [2.45, 2.75) is 26.4 Å². The fourth-order valence-electron chi connectivity index (χ4n) is 1.82. The monoisotopic (exact) mass is 293 g/mol. The molecule has 0 unspecified atom stereocenters. The summed E-state index contributed by atoms with van der Waals surface area (Å²) in [6.45, 7) is 6.30. The maximum absolute atomic E-state index is 5.63. The van der Waals surface area contributed by atoms with E-state index in [1.165, 1.54) is 5.56 Å². The molecule has 1 rings (SSSR count). The molecule has 0 amide bonds. The highest BCUT2D eigenvalue weighted by Gasteiger charge is 2.00. The first kappa shape index (κ1) is 17.3. The van der Waals surface area contributed by atoms with E-state index in [9.17, 15) is 0 Å². The molecule has 0 aromatic heterocycles. The van der Waals surface area contributed by atoms with Crippen molar-refractivity contribution in [2.75, 3.05) is 33.9 Å². The molecule has 0 spiro atoms. The van der Waals surface area contributed by atoms with Gasteiger partial charge in [-0.2, -0.15) is 0 Å². The van der Waals surface area contributed by atoms with Crippen LogP contribution in [0, 0.1) is 0 Å². The smallest absolute Gasteiger partial charge is 0.191 e. The second-order valence-corrected chi connectivity index (χ2v) is 4.98. The maximum atomic E-state index is 5.63. The quantitative estimate of drug-likeness (QED) is 0.436. The Labute approximate surface area is 127 Å². The second kappa shape index (κ2) is 10.0. The van der Waals surface area contributed by atoms with Crippen LogP contribution in [0.3, 0.4) is 0 Å². The lowest BCUT2D eigenvalue weighted by Crippen LogP contribution is -2.39. The van der Waals surface area contributed by atoms with E-state index in [1.807, 2.05) is 26.0 Å². The van der Waals surface area contributed by atoms with Crippen LogP contribution in [0.1, 0.15) is 19.4 Å². The number of benzene rings is 1. The molecule has 0 saturated heterocycles. The molecule has 0 heterocycles. The lowest BCUT2D eigenvalue weighted by Gasteiger charge is -2.12. The van der Waals surface area contributed by atoms with E-state index in [4.69, 9.17) is 9.47 Å². The molecule has 0 fully saturated rings. The van der Waals surface area contributed by atoms with Crippen LogP contribution in [0.4, 0.5) is 0 Å². The van der Waals surface area contributed by atoms with Crippen molar-refractivity contribution in [1.82, 2.24) is 10.6 Å². The van der Waals surface area contributed by atoms with Crippen molar-refractivity contribution in [3.63, 3.8) is 0 Å². The molecule has 21 heavy (non-hydrogen) atoms. The van der Waals surface area contributed by atoms with Gasteiger partial charge in [-0.05, 0) is 38.0 Å². The number of nitrogens with zero attached hydrogens (tertiary/aromatic N) is 1. The molecule has 118 valence electrons. The Bertz CT molecular complexity index is 416. The van der Waals surface area contributed by atoms with Crippen LogP contribution in [0.2, 0.25) is 0 Å². The number of aliphatic imine (C=N–C) groups is 1. The molecule has 2 N–H and O–H groups in total. The van der Waals surface area contributed by atoms with E-state index in [0.717, 1.165) is 31.2 Å². The lowest BCUT2D eigenvalue weighted by atomic mass is 10.1. The Morgan fingerprint density at radius 2 is 1.81 bits per heavy atom. The van der Waals surface area contributed by atoms with Crippen molar-refractivity contribution in [1.29, 1.82) is 0 Å². The molecule has 0 bridgehead atoms. The van der Waals surface area contributed by atoms with Crippen LogP contribution in [-0.4, -0.2) is 45.9 Å². The summed E-state index contributed by atoms with van der Waals surface area (Å²) in [5, 5.41) is 6.46. The number of guanidine groups is 1. The van der Waals surface area contributed by atoms with Crippen LogP contribution in [0.5, 0.6) is 5.75 Å². The van der Waals surface area contributed by atoms with E-state index in [2.05, 4.69) is 27.8 Å². The first-order chi connectivity index (χ1) is 10.2. The number of nitrogens with one attached hydrogen (secondary N) is 2. The van der Waals surface area contributed by atoms with E-state index < -0.39 is 0 Å². The zero-order chi connectivity index (χ0) is 15.5. The number of hydrogen-bond donors (Lipinski definition) is 2. The average molecular weight is 293 g/mol. The number of ether oxygens (including phenoxy) is 2. The Kier molecular flexibility index (Phi) is 8.28. The number of rotatable bonds is 8. The molecule has 1 aromatic rings. The van der Waals surface area contributed by atoms with Crippen LogP contribution >= 0.6 is 0 Å². The zero-order valence-corrected chi connectivity index (χ0v) is 13.5. The Morgan fingerprint density at radius 3 is 2.38 bits per heavy atom. The summed E-state index contributed by atoms with van der Waals surface area (Å²) >= 11 is 0. The zero-order valence-electron chi connectivity index (χ0n) is 13.5. The van der Waals surface area contributed by atoms with E-state index in [0.29, 0.717) is 6.61 Å². The molecule has 0 atom stereocenters. The van der Waals surface area contributed by atoms with E-state index >= 15 is 0 Å². The van der Waals surface area contributed by atoms with Crippen molar-refractivity contribution in [2.24, 2.45) is 4.99 Å². The lowest BCUT2D eigenvalue weighted by molar-refractivity contribution is 0.203. The Hall–Kier alpha value is -1.75. The summed E-state index contributed by atoms with van der Waals surface area (Å²) in [6.07, 6.45) is 1.14. The number of hydrogen-bond acceptors (Lipinski definition) is 3. The molecule has 0 aliphatic carbocycles. The van der Waals surface area contributed by atoms with Crippen LogP contribution in [0.15, 0.2) is 29.3 Å². The molecule has 0 saturated carbocycles. The predicted octanol–water partition coefficient (Wildman–Crippen LogP) is 1.83. The summed E-state index contributed by atoms with van der Waals surface area (Å²) in [4.78, 5) is 4.16. The fraction of sp³-hybridized carbons (Fsp3) is 0.562. The van der Waals surface area contributed by atoms with Gasteiger partial charge in [-0.3, -0.25) is 4.99 Å². The number of methoxy groups -OCH3 is 1. The van der Waals surface area contributed by atoms with Gasteiger partial charge in [0.1, 0.15) is 5.75 Å². The summed E-state index contributed by atoms with van der Waals surface area (Å²) in [7, 11) is 3.45. The van der Waals surface area contributed by atoms with Gasteiger partial charge in [-0.1, -0.05) is 12.1 Å². The van der Waals surface area contributed by atoms with E-state index in [-0.39, 0.29) is 6.10 Å². The van der Waals surface area contributed by atoms with Crippen LogP contribution < -0.4 is 15.4 Å². The van der Waals surface area contributed by atoms with Crippen molar-refractivity contribution in [3.8, 4) is 5.75 Å². The summed E-state index contributed by atoms with van der Waals surface area (Å²) < 4.78 is 10.6. The Morgan fingerprint density at radius 1 is 1.14 bits per heavy atom. The second-order valence-electron chi connectivity index (χ2n) is 4.98. The summed E-state index contributed by atoms with van der Waals surface area (Å²) in [5.74, 6) is 1.71. The van der Waals surface area contributed by atoms with Gasteiger partial charge in [0.15, 0.2) is 5.96 Å². The van der Waals surface area contributed by atoms with Crippen LogP contribution in [0.25, 0.3) is 0 Å². The fourth-order valence-corrected chi connectivity index (χ4v) is 1.82. The predicted molar refractivity (Wildman–Crippen MR) is 87.2 cm³/mol. The van der Waals surface area contributed by atoms with Gasteiger partial charge in [0.05, 0.1) is 12.7 Å². The van der Waals surface area contributed by atoms with Crippen molar-refractivity contribution >= 4 is 5.96 Å². The van der Waals surface area contributed by atoms with E-state index in [1.54, 1.807) is 14.2 Å². The highest BCUT2D eigenvalue weighted by molar-refractivity contribution is 5.79. The highest BCUT2D eigenvalue weighted by atomic mass is 16.5. The minimum atomic E-state index is 0.207. The third-order valence-electron chi connectivity index (χ3n) is 2.82. The van der Waals surface area contributed by atoms with Gasteiger partial charge in [-0.15, -0.1) is 0 Å². The minimum absolute atomic E-state index is 0.207. The average Bonchev–Trinajstić information content (AvgIpc) is 2.47. The first-order valence-corrected chi connectivity index (χ1v) is 7.34. The third-order valence-corrected chi connectivity index (χ3v) is 2.82. The largest absolute Gasteiger partial charge is 0.491 e. The van der Waals surface area contributed by atoms with Gasteiger partial charge < -0.3 is 20.1 Å². The highest BCUT2D eigenvalue weighted by Crippen LogP contribution is 2.13. The third kappa shape index (κ3) is 7.56. The van der Waals surface area contributed by atoms with Gasteiger partial charge in [0, 0.05) is 27.2 Å². The minimum Gasteiger partial charge on any atom is -0.491 e. The van der Waals surface area contributed by atoms with Gasteiger partial charge in [0.2, 0.25) is 0 Å². The Balaban J connectivity index is 2.31. The summed E-state index contributed by atoms with van der Waals surface area (Å²) in [6, 6.07) is 8.23.